The molecule has 6 heteroatoms. The highest BCUT2D eigenvalue weighted by Crippen LogP contribution is 2.28. The van der Waals surface area contributed by atoms with Gasteiger partial charge in [-0.2, -0.15) is 0 Å². The Labute approximate surface area is 178 Å². The fraction of sp³-hybridized carbons (Fsp3) is 0.417. The lowest BCUT2D eigenvalue weighted by Gasteiger charge is -2.11. The van der Waals surface area contributed by atoms with Crippen LogP contribution in [0.4, 0.5) is 0 Å². The smallest absolute Gasteiger partial charge is 0.161 e. The zero-order valence-electron chi connectivity index (χ0n) is 17.7. The summed E-state index contributed by atoms with van der Waals surface area (Å²) in [5.74, 6) is 2.49. The highest BCUT2D eigenvalue weighted by Gasteiger charge is 2.06. The highest BCUT2D eigenvalue weighted by molar-refractivity contribution is 5.76. The zero-order valence-corrected chi connectivity index (χ0v) is 17.7. The third-order valence-electron chi connectivity index (χ3n) is 4.70. The van der Waals surface area contributed by atoms with Crippen LogP contribution in [0, 0.1) is 0 Å². The van der Waals surface area contributed by atoms with Gasteiger partial charge in [-0.25, -0.2) is 0 Å². The van der Waals surface area contributed by atoms with Crippen LogP contribution in [0.1, 0.15) is 59.2 Å². The van der Waals surface area contributed by atoms with Crippen molar-refractivity contribution in [1.29, 1.82) is 0 Å². The Morgan fingerprint density at radius 1 is 0.600 bits per heavy atom. The number of hydrogen-bond donors (Lipinski definition) is 0. The van der Waals surface area contributed by atoms with Gasteiger partial charge in [0.25, 0.3) is 0 Å². The first-order valence-electron chi connectivity index (χ1n) is 10.2. The summed E-state index contributed by atoms with van der Waals surface area (Å²) in [6.07, 6.45) is 7.98. The second-order valence-electron chi connectivity index (χ2n) is 6.87. The van der Waals surface area contributed by atoms with Gasteiger partial charge in [0.15, 0.2) is 23.0 Å². The van der Waals surface area contributed by atoms with Gasteiger partial charge in [-0.3, -0.25) is 9.59 Å². The maximum Gasteiger partial charge on any atom is 0.161 e. The molecule has 0 atom stereocenters. The molecule has 0 heterocycles. The molecule has 0 spiro atoms. The third kappa shape index (κ3) is 7.43. The zero-order chi connectivity index (χ0) is 21.6. The summed E-state index contributed by atoms with van der Waals surface area (Å²) in [5.41, 5.74) is 1.14. The Kier molecular flexibility index (Phi) is 10.3. The summed E-state index contributed by atoms with van der Waals surface area (Å²) < 4.78 is 22.1. The normalized spacial score (nSPS) is 10.3. The molecule has 0 radical (unpaired) electrons. The summed E-state index contributed by atoms with van der Waals surface area (Å²) in [6, 6.07) is 10.3. The van der Waals surface area contributed by atoms with Crippen molar-refractivity contribution in [3.8, 4) is 23.0 Å². The fourth-order valence-electron chi connectivity index (χ4n) is 3.03. The summed E-state index contributed by atoms with van der Waals surface area (Å²) >= 11 is 0. The van der Waals surface area contributed by atoms with Gasteiger partial charge in [0.05, 0.1) is 27.4 Å². The average molecular weight is 414 g/mol. The molecule has 0 saturated carbocycles. The Hall–Kier alpha value is -3.02. The van der Waals surface area contributed by atoms with Crippen LogP contribution in [0.2, 0.25) is 0 Å². The van der Waals surface area contributed by atoms with Crippen molar-refractivity contribution >= 4 is 12.6 Å². The molecular weight excluding hydrogens is 384 g/mol. The van der Waals surface area contributed by atoms with Crippen molar-refractivity contribution in [2.24, 2.45) is 0 Å². The molecule has 30 heavy (non-hydrogen) atoms. The van der Waals surface area contributed by atoms with E-state index in [1.807, 2.05) is 0 Å². The number of carbonyl (C=O) groups excluding carboxylic acids is 2. The number of benzene rings is 2. The molecule has 0 aromatic heterocycles. The van der Waals surface area contributed by atoms with Crippen LogP contribution < -0.4 is 18.9 Å². The maximum atomic E-state index is 10.8. The van der Waals surface area contributed by atoms with Crippen LogP contribution in [-0.2, 0) is 0 Å². The van der Waals surface area contributed by atoms with Crippen molar-refractivity contribution in [3.05, 3.63) is 47.5 Å². The second-order valence-corrected chi connectivity index (χ2v) is 6.87. The van der Waals surface area contributed by atoms with E-state index in [9.17, 15) is 9.59 Å². The fourth-order valence-corrected chi connectivity index (χ4v) is 3.03. The summed E-state index contributed by atoms with van der Waals surface area (Å²) in [6.45, 7) is 1.24. The molecule has 2 rings (SSSR count). The Balaban J connectivity index is 1.55. The molecule has 0 fully saturated rings. The van der Waals surface area contributed by atoms with Gasteiger partial charge in [0, 0.05) is 11.1 Å². The molecule has 0 unspecified atom stereocenters. The molecule has 0 saturated heterocycles. The predicted molar refractivity (Wildman–Crippen MR) is 115 cm³/mol. The van der Waals surface area contributed by atoms with Gasteiger partial charge in [0.1, 0.15) is 12.6 Å². The van der Waals surface area contributed by atoms with Gasteiger partial charge >= 0.3 is 0 Å². The number of rotatable bonds is 15. The number of carbonyl (C=O) groups is 2. The molecule has 0 bridgehead atoms. The topological polar surface area (TPSA) is 71.1 Å². The van der Waals surface area contributed by atoms with Crippen LogP contribution in [0.3, 0.4) is 0 Å². The van der Waals surface area contributed by atoms with Crippen LogP contribution >= 0.6 is 0 Å². The molecule has 162 valence electrons. The van der Waals surface area contributed by atoms with Crippen molar-refractivity contribution in [2.75, 3.05) is 27.4 Å². The Morgan fingerprint density at radius 2 is 1.00 bits per heavy atom. The van der Waals surface area contributed by atoms with E-state index in [-0.39, 0.29) is 0 Å². The number of ether oxygens (including phenoxy) is 4. The van der Waals surface area contributed by atoms with Crippen LogP contribution in [0.15, 0.2) is 36.4 Å². The van der Waals surface area contributed by atoms with Crippen LogP contribution in [0.5, 0.6) is 23.0 Å². The third-order valence-corrected chi connectivity index (χ3v) is 4.70. The molecule has 2 aromatic rings. The lowest BCUT2D eigenvalue weighted by atomic mass is 10.1. The molecule has 0 aliphatic rings. The van der Waals surface area contributed by atoms with E-state index in [0.29, 0.717) is 47.3 Å². The number of hydrogen-bond acceptors (Lipinski definition) is 6. The van der Waals surface area contributed by atoms with E-state index in [0.717, 1.165) is 51.1 Å². The molecule has 0 N–H and O–H groups in total. The molecular formula is C24H30O6. The first-order chi connectivity index (χ1) is 14.7. The van der Waals surface area contributed by atoms with Gasteiger partial charge in [-0.15, -0.1) is 0 Å². The number of aldehydes is 2. The van der Waals surface area contributed by atoms with E-state index in [2.05, 4.69) is 0 Å². The number of methoxy groups -OCH3 is 2. The molecule has 0 aliphatic heterocycles. The maximum absolute atomic E-state index is 10.8. The SMILES string of the molecule is COc1cc(C=O)ccc1OCCCCCCCCOc1ccc(C=O)cc1OC. The lowest BCUT2D eigenvalue weighted by Crippen LogP contribution is -2.01. The van der Waals surface area contributed by atoms with E-state index in [4.69, 9.17) is 18.9 Å². The minimum atomic E-state index is 0.569. The largest absolute Gasteiger partial charge is 0.493 e. The Bertz CT molecular complexity index is 735. The minimum Gasteiger partial charge on any atom is -0.493 e. The van der Waals surface area contributed by atoms with Crippen molar-refractivity contribution < 1.29 is 28.5 Å². The molecule has 0 aliphatic carbocycles. The van der Waals surface area contributed by atoms with Gasteiger partial charge in [-0.05, 0) is 49.2 Å². The van der Waals surface area contributed by atoms with Gasteiger partial charge in [-0.1, -0.05) is 25.7 Å². The van der Waals surface area contributed by atoms with Crippen molar-refractivity contribution in [3.63, 3.8) is 0 Å². The predicted octanol–water partition coefficient (Wildman–Crippen LogP) is 5.13. The van der Waals surface area contributed by atoms with Crippen LogP contribution in [0.25, 0.3) is 0 Å². The van der Waals surface area contributed by atoms with E-state index in [1.54, 1.807) is 50.6 Å². The highest BCUT2D eigenvalue weighted by atomic mass is 16.5. The quantitative estimate of drug-likeness (QED) is 0.297. The molecule has 2 aromatic carbocycles. The van der Waals surface area contributed by atoms with Crippen molar-refractivity contribution in [2.45, 2.75) is 38.5 Å². The number of unbranched alkanes of at least 4 members (excludes halogenated alkanes) is 5. The summed E-state index contributed by atoms with van der Waals surface area (Å²) in [5, 5.41) is 0. The summed E-state index contributed by atoms with van der Waals surface area (Å²) in [7, 11) is 3.13. The average Bonchev–Trinajstić information content (AvgIpc) is 2.80. The summed E-state index contributed by atoms with van der Waals surface area (Å²) in [4.78, 5) is 21.6. The van der Waals surface area contributed by atoms with E-state index < -0.39 is 0 Å². The van der Waals surface area contributed by atoms with Gasteiger partial charge < -0.3 is 18.9 Å². The van der Waals surface area contributed by atoms with Crippen LogP contribution in [-0.4, -0.2) is 40.0 Å². The van der Waals surface area contributed by atoms with E-state index >= 15 is 0 Å². The first kappa shape index (κ1) is 23.3. The second kappa shape index (κ2) is 13.2. The monoisotopic (exact) mass is 414 g/mol. The van der Waals surface area contributed by atoms with Crippen molar-refractivity contribution in [1.82, 2.24) is 0 Å². The van der Waals surface area contributed by atoms with E-state index in [1.165, 1.54) is 0 Å². The molecule has 0 amide bonds. The molecule has 6 nitrogen and oxygen atoms in total. The Morgan fingerprint density at radius 3 is 1.37 bits per heavy atom. The lowest BCUT2D eigenvalue weighted by molar-refractivity contribution is 0.111. The first-order valence-corrected chi connectivity index (χ1v) is 10.2. The van der Waals surface area contributed by atoms with Gasteiger partial charge in [0.2, 0.25) is 0 Å². The minimum absolute atomic E-state index is 0.569. The standard InChI is InChI=1S/C24H30O6/c1-27-23-15-19(17-25)9-11-21(23)29-13-7-5-3-4-6-8-14-30-22-12-10-20(18-26)16-24(22)28-2/h9-12,15-18H,3-8,13-14H2,1-2H3.